The van der Waals surface area contributed by atoms with Crippen molar-refractivity contribution in [1.29, 1.82) is 0 Å². The Morgan fingerprint density at radius 3 is 1.68 bits per heavy atom. The molecule has 2 aromatic heterocycles. The molecule has 0 saturated carbocycles. The van der Waals surface area contributed by atoms with Crippen molar-refractivity contribution >= 4 is 44.8 Å². The number of aromatic hydroxyl groups is 1. The summed E-state index contributed by atoms with van der Waals surface area (Å²) in [7, 11) is 7.81. The van der Waals surface area contributed by atoms with Crippen LogP contribution in [0.4, 0.5) is 4.79 Å². The van der Waals surface area contributed by atoms with E-state index in [0.29, 0.717) is 91.1 Å². The van der Waals surface area contributed by atoms with Crippen LogP contribution in [0.15, 0.2) is 146 Å². The summed E-state index contributed by atoms with van der Waals surface area (Å²) in [6, 6.07) is 45.7. The van der Waals surface area contributed by atoms with E-state index < -0.39 is 23.6 Å². The summed E-state index contributed by atoms with van der Waals surface area (Å²) < 4.78 is 44.7. The maximum absolute atomic E-state index is 15.1. The molecule has 7 aromatic carbocycles. The number of methoxy groups -OCH3 is 5. The molecule has 9 aromatic rings. The Balaban J connectivity index is 1.53. The second-order valence-electron chi connectivity index (χ2n) is 18.1. The molecule has 1 unspecified atom stereocenters. The first kappa shape index (κ1) is 47.7. The lowest BCUT2D eigenvalue weighted by atomic mass is 9.88. The van der Waals surface area contributed by atoms with Crippen molar-refractivity contribution in [3.05, 3.63) is 168 Å². The van der Waals surface area contributed by atoms with Crippen LogP contribution >= 0.6 is 0 Å². The molecule has 362 valence electrons. The van der Waals surface area contributed by atoms with E-state index in [1.165, 1.54) is 11.7 Å². The van der Waals surface area contributed by atoms with Crippen LogP contribution in [0.3, 0.4) is 0 Å². The highest BCUT2D eigenvalue weighted by Gasteiger charge is 2.38. The summed E-state index contributed by atoms with van der Waals surface area (Å²) in [5.41, 5.74) is 5.83. The van der Waals surface area contributed by atoms with Gasteiger partial charge in [0.05, 0.1) is 46.6 Å². The fraction of sp³-hybridized carbons (Fsp3) is 0.220. The Labute approximate surface area is 412 Å². The minimum Gasteiger partial charge on any atom is -0.505 e. The smallest absolute Gasteiger partial charge is 0.419 e. The van der Waals surface area contributed by atoms with Gasteiger partial charge in [0, 0.05) is 34.0 Å². The highest BCUT2D eigenvalue weighted by atomic mass is 16.6. The summed E-state index contributed by atoms with van der Waals surface area (Å²) in [4.78, 5) is 30.0. The zero-order valence-corrected chi connectivity index (χ0v) is 41.1. The van der Waals surface area contributed by atoms with E-state index in [1.54, 1.807) is 49.2 Å². The average Bonchev–Trinajstić information content (AvgIpc) is 3.91. The Morgan fingerprint density at radius 1 is 0.577 bits per heavy atom. The van der Waals surface area contributed by atoms with Gasteiger partial charge >= 0.3 is 12.1 Å². The molecule has 0 aliphatic heterocycles. The van der Waals surface area contributed by atoms with Gasteiger partial charge in [-0.2, -0.15) is 0 Å². The molecule has 0 amide bonds. The first-order valence-corrected chi connectivity index (χ1v) is 23.3. The fourth-order valence-corrected chi connectivity index (χ4v) is 9.46. The van der Waals surface area contributed by atoms with E-state index >= 15 is 4.79 Å². The first-order valence-electron chi connectivity index (χ1n) is 23.3. The van der Waals surface area contributed by atoms with Crippen molar-refractivity contribution in [1.82, 2.24) is 9.13 Å². The summed E-state index contributed by atoms with van der Waals surface area (Å²) in [6.45, 7) is 5.92. The number of rotatable bonds is 15. The molecule has 1 N–H and O–H groups in total. The minimum atomic E-state index is -1.03. The Bertz CT molecular complexity index is 3370. The number of carbonyl (C=O) groups is 2. The van der Waals surface area contributed by atoms with E-state index in [1.807, 2.05) is 146 Å². The van der Waals surface area contributed by atoms with E-state index in [9.17, 15) is 9.90 Å². The molecule has 1 atom stereocenters. The Morgan fingerprint density at radius 2 is 1.13 bits per heavy atom. The van der Waals surface area contributed by atoms with Gasteiger partial charge in [0.25, 0.3) is 0 Å². The quantitative estimate of drug-likeness (QED) is 0.0992. The minimum absolute atomic E-state index is 0.191. The molecule has 0 aliphatic rings. The van der Waals surface area contributed by atoms with Crippen LogP contribution in [0.5, 0.6) is 34.5 Å². The van der Waals surface area contributed by atoms with Crippen molar-refractivity contribution in [2.45, 2.75) is 51.9 Å². The third-order valence-electron chi connectivity index (χ3n) is 12.7. The molecule has 0 spiro atoms. The molecule has 9 rings (SSSR count). The molecule has 12 nitrogen and oxygen atoms in total. The number of esters is 1. The predicted molar refractivity (Wildman–Crippen MR) is 277 cm³/mol. The number of ether oxygens (including phenoxy) is 7. The van der Waals surface area contributed by atoms with Crippen LogP contribution in [0.25, 0.3) is 55.0 Å². The molecule has 0 aliphatic carbocycles. The van der Waals surface area contributed by atoms with Gasteiger partial charge in [-0.25, -0.2) is 9.36 Å². The maximum atomic E-state index is 15.1. The van der Waals surface area contributed by atoms with Crippen LogP contribution in [0.2, 0.25) is 0 Å². The van der Waals surface area contributed by atoms with Crippen LogP contribution in [-0.2, 0) is 33.8 Å². The summed E-state index contributed by atoms with van der Waals surface area (Å²) in [5, 5.41) is 15.3. The summed E-state index contributed by atoms with van der Waals surface area (Å²) >= 11 is 0. The molecule has 12 heteroatoms. The standard InChI is InChI=1S/C59H56N2O10/c1-59(2,3)71-58(64)61-52-45(15-12-16-46(52)70-35-37-13-10-9-11-14-37)50-51-47(38-19-27-42(66-5)28-20-38)53(49(57(63)69-8)40-23-31-44(68-7)32-24-40)60(34-33-36-17-25-41(65-4)26-18-36)54(51)48(56(62)55(50)61)39-21-29-43(67-6)30-22-39/h9-32,49,62H,33-35H2,1-8H3. The van der Waals surface area contributed by atoms with Crippen molar-refractivity contribution in [3.63, 3.8) is 0 Å². The third-order valence-corrected chi connectivity index (χ3v) is 12.7. The molecule has 0 radical (unpaired) electrons. The molecule has 0 bridgehead atoms. The number of carbonyl (C=O) groups excluding carboxylic acids is 2. The van der Waals surface area contributed by atoms with Gasteiger partial charge in [-0.1, -0.05) is 91.0 Å². The van der Waals surface area contributed by atoms with Crippen LogP contribution < -0.4 is 23.7 Å². The maximum Gasteiger partial charge on any atom is 0.419 e. The number of hydrogen-bond acceptors (Lipinski definition) is 10. The zero-order valence-electron chi connectivity index (χ0n) is 41.1. The first-order chi connectivity index (χ1) is 34.4. The summed E-state index contributed by atoms with van der Waals surface area (Å²) in [5.74, 6) is 1.22. The number of aryl methyl sites for hydroxylation is 2. The monoisotopic (exact) mass is 952 g/mol. The van der Waals surface area contributed by atoms with E-state index in [4.69, 9.17) is 33.2 Å². The lowest BCUT2D eigenvalue weighted by molar-refractivity contribution is -0.141. The molecular formula is C59H56N2O10. The molecule has 71 heavy (non-hydrogen) atoms. The van der Waals surface area contributed by atoms with Crippen molar-refractivity contribution < 1.29 is 47.9 Å². The third kappa shape index (κ3) is 9.16. The van der Waals surface area contributed by atoms with Crippen LogP contribution in [0.1, 0.15) is 49.1 Å². The van der Waals surface area contributed by atoms with E-state index in [2.05, 4.69) is 4.57 Å². The number of phenolic OH excluding ortho intramolecular Hbond substituents is 1. The normalized spacial score (nSPS) is 11.9. The highest BCUT2D eigenvalue weighted by Crippen LogP contribution is 2.55. The Hall–Kier alpha value is -8.38. The van der Waals surface area contributed by atoms with Crippen molar-refractivity contribution in [3.8, 4) is 56.8 Å². The number of para-hydroxylation sites is 1. The topological polar surface area (TPSA) is 129 Å². The number of aromatic nitrogens is 2. The SMILES string of the molecule is COC(=O)C(c1ccc(OC)cc1)c1c(-c2ccc(OC)cc2)c2c3c4cccc(OCc5ccccc5)c4n(C(=O)OC(C)(C)C)c3c(O)c(-c3ccc(OC)cc3)c2n1CCc1ccc(OC)cc1. The van der Waals surface area contributed by atoms with Crippen LogP contribution in [0, 0.1) is 0 Å². The van der Waals surface area contributed by atoms with Gasteiger partial charge in [-0.05, 0) is 110 Å². The largest absolute Gasteiger partial charge is 0.505 e. The molecule has 0 fully saturated rings. The Kier molecular flexibility index (Phi) is 13.4. The van der Waals surface area contributed by atoms with Crippen LogP contribution in [-0.4, -0.2) is 67.5 Å². The van der Waals surface area contributed by atoms with Gasteiger partial charge in [-0.15, -0.1) is 0 Å². The predicted octanol–water partition coefficient (Wildman–Crippen LogP) is 12.7. The number of hydrogen-bond donors (Lipinski definition) is 1. The van der Waals surface area contributed by atoms with Gasteiger partial charge in [0.15, 0.2) is 0 Å². The van der Waals surface area contributed by atoms with Crippen molar-refractivity contribution in [2.24, 2.45) is 0 Å². The molecular weight excluding hydrogens is 897 g/mol. The van der Waals surface area contributed by atoms with Crippen molar-refractivity contribution in [2.75, 3.05) is 35.5 Å². The van der Waals surface area contributed by atoms with Gasteiger partial charge in [-0.3, -0.25) is 4.79 Å². The number of benzene rings is 7. The van der Waals surface area contributed by atoms with E-state index in [-0.39, 0.29) is 17.9 Å². The van der Waals surface area contributed by atoms with Gasteiger partial charge in [0.2, 0.25) is 0 Å². The number of fused-ring (bicyclic) bond motifs is 5. The molecule has 2 heterocycles. The lowest BCUT2D eigenvalue weighted by Gasteiger charge is -2.22. The molecule has 0 saturated heterocycles. The summed E-state index contributed by atoms with van der Waals surface area (Å²) in [6.07, 6.45) is -0.225. The number of phenols is 1. The van der Waals surface area contributed by atoms with E-state index in [0.717, 1.165) is 22.4 Å². The average molecular weight is 953 g/mol. The van der Waals surface area contributed by atoms with Gasteiger partial charge < -0.3 is 42.8 Å². The number of nitrogens with zero attached hydrogens (tertiary/aromatic N) is 2. The fourth-order valence-electron chi connectivity index (χ4n) is 9.46. The zero-order chi connectivity index (χ0) is 50.0. The van der Waals surface area contributed by atoms with Gasteiger partial charge in [0.1, 0.15) is 63.7 Å². The highest BCUT2D eigenvalue weighted by molar-refractivity contribution is 6.31. The second kappa shape index (κ2) is 19.9. The second-order valence-corrected chi connectivity index (χ2v) is 18.1. The lowest BCUT2D eigenvalue weighted by Crippen LogP contribution is -2.27.